The van der Waals surface area contributed by atoms with Gasteiger partial charge in [0.25, 0.3) is 11.8 Å². The maximum absolute atomic E-state index is 11.7. The third-order valence-corrected chi connectivity index (χ3v) is 4.85. The predicted molar refractivity (Wildman–Crippen MR) is 107 cm³/mol. The fourth-order valence-corrected chi connectivity index (χ4v) is 3.30. The molecule has 2 aromatic carbocycles. The minimum atomic E-state index is -0.459. The molecule has 0 spiro atoms. The number of aromatic nitrogens is 1. The van der Waals surface area contributed by atoms with Crippen molar-refractivity contribution < 1.29 is 19.1 Å². The number of amides is 2. The molecule has 0 aliphatic carbocycles. The summed E-state index contributed by atoms with van der Waals surface area (Å²) in [6.07, 6.45) is 0.938. The molecule has 0 bridgehead atoms. The number of hydrogen-bond acceptors (Lipinski definition) is 6. The minimum Gasteiger partial charge on any atom is -0.484 e. The van der Waals surface area contributed by atoms with Gasteiger partial charge in [-0.05, 0) is 36.2 Å². The van der Waals surface area contributed by atoms with Crippen LogP contribution in [0.5, 0.6) is 5.75 Å². The van der Waals surface area contributed by atoms with Gasteiger partial charge in [-0.3, -0.25) is 20.4 Å². The second-order valence-electron chi connectivity index (χ2n) is 5.95. The fraction of sp³-hybridized carbons (Fsp3) is 0.250. The number of thiazole rings is 1. The first-order valence-electron chi connectivity index (χ1n) is 8.85. The van der Waals surface area contributed by atoms with Crippen LogP contribution in [0.15, 0.2) is 48.5 Å². The zero-order valence-electron chi connectivity index (χ0n) is 15.4. The summed E-state index contributed by atoms with van der Waals surface area (Å²) in [5.41, 5.74) is 6.68. The van der Waals surface area contributed by atoms with Crippen molar-refractivity contribution in [1.29, 1.82) is 0 Å². The SMILES string of the molecule is CCc1ccc(OCC(=O)NNC(=O)COCc2nc3ccccc3s2)cc1. The summed E-state index contributed by atoms with van der Waals surface area (Å²) in [6.45, 7) is 1.92. The van der Waals surface area contributed by atoms with Crippen molar-refractivity contribution in [3.8, 4) is 5.75 Å². The highest BCUT2D eigenvalue weighted by molar-refractivity contribution is 7.18. The molecule has 2 N–H and O–H groups in total. The quantitative estimate of drug-likeness (QED) is 0.569. The largest absolute Gasteiger partial charge is 0.484 e. The number of fused-ring (bicyclic) bond motifs is 1. The number of nitrogens with one attached hydrogen (secondary N) is 2. The van der Waals surface area contributed by atoms with Crippen molar-refractivity contribution in [3.05, 3.63) is 59.1 Å². The van der Waals surface area contributed by atoms with Crippen LogP contribution in [-0.4, -0.2) is 30.0 Å². The molecule has 8 heteroatoms. The Bertz CT molecular complexity index is 907. The van der Waals surface area contributed by atoms with Crippen LogP contribution < -0.4 is 15.6 Å². The normalized spacial score (nSPS) is 10.6. The number of nitrogens with zero attached hydrogens (tertiary/aromatic N) is 1. The van der Waals surface area contributed by atoms with E-state index in [1.54, 1.807) is 12.1 Å². The Hall–Kier alpha value is -2.97. The van der Waals surface area contributed by atoms with Crippen LogP contribution in [0.3, 0.4) is 0 Å². The maximum atomic E-state index is 11.7. The first kappa shape index (κ1) is 19.8. The lowest BCUT2D eigenvalue weighted by molar-refractivity contribution is -0.132. The number of rotatable bonds is 8. The molecule has 0 radical (unpaired) electrons. The summed E-state index contributed by atoms with van der Waals surface area (Å²) >= 11 is 1.52. The van der Waals surface area contributed by atoms with Gasteiger partial charge in [-0.2, -0.15) is 0 Å². The van der Waals surface area contributed by atoms with Gasteiger partial charge < -0.3 is 9.47 Å². The smallest absolute Gasteiger partial charge is 0.276 e. The molecule has 0 atom stereocenters. The standard InChI is InChI=1S/C20H21N3O4S/c1-2-14-7-9-15(10-8-14)27-12-19(25)23-22-18(24)11-26-13-20-21-16-5-3-4-6-17(16)28-20/h3-10H,2,11-13H2,1H3,(H,22,24)(H,23,25). The highest BCUT2D eigenvalue weighted by Crippen LogP contribution is 2.21. The number of hydrogen-bond donors (Lipinski definition) is 2. The van der Waals surface area contributed by atoms with E-state index in [0.717, 1.165) is 21.6 Å². The zero-order chi connectivity index (χ0) is 19.8. The first-order valence-corrected chi connectivity index (χ1v) is 9.67. The molecule has 28 heavy (non-hydrogen) atoms. The molecule has 7 nitrogen and oxygen atoms in total. The van der Waals surface area contributed by atoms with Crippen molar-refractivity contribution in [2.75, 3.05) is 13.2 Å². The zero-order valence-corrected chi connectivity index (χ0v) is 16.3. The Morgan fingerprint density at radius 2 is 1.71 bits per heavy atom. The highest BCUT2D eigenvalue weighted by atomic mass is 32.1. The van der Waals surface area contributed by atoms with Crippen molar-refractivity contribution in [2.45, 2.75) is 20.0 Å². The van der Waals surface area contributed by atoms with Crippen molar-refractivity contribution in [2.24, 2.45) is 0 Å². The van der Waals surface area contributed by atoms with Crippen LogP contribution in [0.2, 0.25) is 0 Å². The Morgan fingerprint density at radius 3 is 2.43 bits per heavy atom. The molecule has 0 saturated heterocycles. The number of carbonyl (C=O) groups is 2. The predicted octanol–water partition coefficient (Wildman–Crippen LogP) is 2.60. The van der Waals surface area contributed by atoms with E-state index in [4.69, 9.17) is 9.47 Å². The highest BCUT2D eigenvalue weighted by Gasteiger charge is 2.08. The maximum Gasteiger partial charge on any atom is 0.276 e. The van der Waals surface area contributed by atoms with Crippen LogP contribution in [0.25, 0.3) is 10.2 Å². The lowest BCUT2D eigenvalue weighted by atomic mass is 10.2. The Kier molecular flexibility index (Phi) is 6.94. The van der Waals surface area contributed by atoms with E-state index in [1.807, 2.05) is 36.4 Å². The summed E-state index contributed by atoms with van der Waals surface area (Å²) in [5, 5.41) is 0.792. The summed E-state index contributed by atoms with van der Waals surface area (Å²) < 4.78 is 11.8. The van der Waals surface area contributed by atoms with Crippen LogP contribution in [0, 0.1) is 0 Å². The van der Waals surface area contributed by atoms with E-state index < -0.39 is 11.8 Å². The monoisotopic (exact) mass is 399 g/mol. The summed E-state index contributed by atoms with van der Waals surface area (Å²) in [4.78, 5) is 27.9. The second-order valence-corrected chi connectivity index (χ2v) is 7.07. The van der Waals surface area contributed by atoms with Crippen LogP contribution in [-0.2, 0) is 27.4 Å². The molecule has 0 saturated carbocycles. The van der Waals surface area contributed by atoms with E-state index >= 15 is 0 Å². The number of aryl methyl sites for hydroxylation is 1. The van der Waals surface area contributed by atoms with Gasteiger partial charge in [0.15, 0.2) is 6.61 Å². The number of hydrazine groups is 1. The molecule has 0 fully saturated rings. The van der Waals surface area contributed by atoms with Gasteiger partial charge in [0.1, 0.15) is 17.4 Å². The third-order valence-electron chi connectivity index (χ3n) is 3.84. The Morgan fingerprint density at radius 1 is 1.00 bits per heavy atom. The summed E-state index contributed by atoms with van der Waals surface area (Å²) in [6, 6.07) is 15.3. The molecule has 0 aliphatic heterocycles. The van der Waals surface area contributed by atoms with Gasteiger partial charge in [-0.1, -0.05) is 31.2 Å². The second kappa shape index (κ2) is 9.82. The van der Waals surface area contributed by atoms with E-state index in [1.165, 1.54) is 16.9 Å². The molecule has 0 unspecified atom stereocenters. The van der Waals surface area contributed by atoms with Gasteiger partial charge in [0.2, 0.25) is 0 Å². The van der Waals surface area contributed by atoms with Gasteiger partial charge in [0, 0.05) is 0 Å². The number of ether oxygens (including phenoxy) is 2. The van der Waals surface area contributed by atoms with Gasteiger partial charge >= 0.3 is 0 Å². The average molecular weight is 399 g/mol. The molecular weight excluding hydrogens is 378 g/mol. The molecule has 1 aromatic heterocycles. The van der Waals surface area contributed by atoms with Gasteiger partial charge in [0.05, 0.1) is 16.8 Å². The van der Waals surface area contributed by atoms with Crippen molar-refractivity contribution in [3.63, 3.8) is 0 Å². The van der Waals surface area contributed by atoms with Crippen LogP contribution in [0.1, 0.15) is 17.5 Å². The third kappa shape index (κ3) is 5.77. The molecule has 0 aliphatic rings. The lowest BCUT2D eigenvalue weighted by Crippen LogP contribution is -2.45. The van der Waals surface area contributed by atoms with Crippen molar-refractivity contribution >= 4 is 33.4 Å². The van der Waals surface area contributed by atoms with Crippen LogP contribution >= 0.6 is 11.3 Å². The minimum absolute atomic E-state index is 0.185. The lowest BCUT2D eigenvalue weighted by Gasteiger charge is -2.09. The first-order chi connectivity index (χ1) is 13.6. The molecule has 146 valence electrons. The van der Waals surface area contributed by atoms with Gasteiger partial charge in [-0.25, -0.2) is 4.98 Å². The number of benzene rings is 2. The van der Waals surface area contributed by atoms with Crippen molar-refractivity contribution in [1.82, 2.24) is 15.8 Å². The average Bonchev–Trinajstić information content (AvgIpc) is 3.14. The Balaban J connectivity index is 1.32. The van der Waals surface area contributed by atoms with E-state index in [2.05, 4.69) is 22.8 Å². The summed E-state index contributed by atoms with van der Waals surface area (Å²) in [7, 11) is 0. The topological polar surface area (TPSA) is 89.6 Å². The van der Waals surface area contributed by atoms with E-state index in [-0.39, 0.29) is 19.8 Å². The van der Waals surface area contributed by atoms with Crippen LogP contribution in [0.4, 0.5) is 0 Å². The molecular formula is C20H21N3O4S. The van der Waals surface area contributed by atoms with E-state index in [9.17, 15) is 9.59 Å². The molecule has 2 amide bonds. The molecule has 3 aromatic rings. The number of para-hydroxylation sites is 1. The van der Waals surface area contributed by atoms with Gasteiger partial charge in [-0.15, -0.1) is 11.3 Å². The Labute approximate surface area is 166 Å². The fourth-order valence-electron chi connectivity index (χ4n) is 2.39. The number of carbonyl (C=O) groups excluding carboxylic acids is 2. The molecule has 1 heterocycles. The molecule has 3 rings (SSSR count). The summed E-state index contributed by atoms with van der Waals surface area (Å²) in [5.74, 6) is -0.321. The van der Waals surface area contributed by atoms with E-state index in [0.29, 0.717) is 5.75 Å².